The van der Waals surface area contributed by atoms with E-state index >= 15 is 0 Å². The quantitative estimate of drug-likeness (QED) is 0.772. The Morgan fingerprint density at radius 2 is 1.69 bits per heavy atom. The molecular weight excluding hydrogens is 252 g/mol. The first-order valence-electron chi connectivity index (χ1n) is 5.13. The molecule has 0 aliphatic heterocycles. The number of hydrogen-bond acceptors (Lipinski definition) is 2. The largest absolute Gasteiger partial charge is 0.872 e. The van der Waals surface area contributed by atoms with Crippen LogP contribution in [0.2, 0.25) is 0 Å². The van der Waals surface area contributed by atoms with Gasteiger partial charge in [0.15, 0.2) is 0 Å². The van der Waals surface area contributed by atoms with Crippen LogP contribution in [0.25, 0.3) is 0 Å². The molecule has 0 amide bonds. The standard InChI is InChI=1S/C11H17NO.C2H5.Zn/c1-8-5-9(2)11(13)10(6-8)7-12(3)4;1-2;/h5-6,13H,7H2,1-4H3;1H2,2H3;/p-1. The molecule has 1 aromatic carbocycles. The van der Waals surface area contributed by atoms with E-state index in [0.717, 1.165) is 23.2 Å². The summed E-state index contributed by atoms with van der Waals surface area (Å²) in [6.45, 7) is 9.61. The van der Waals surface area contributed by atoms with Gasteiger partial charge in [0.2, 0.25) is 0 Å². The average molecular weight is 273 g/mol. The molecule has 2 nitrogen and oxygen atoms in total. The van der Waals surface area contributed by atoms with Crippen molar-refractivity contribution in [3.8, 4) is 5.75 Å². The zero-order valence-corrected chi connectivity index (χ0v) is 14.1. The van der Waals surface area contributed by atoms with Gasteiger partial charge in [-0.15, -0.1) is 5.75 Å². The minimum absolute atomic E-state index is 0. The van der Waals surface area contributed by atoms with Gasteiger partial charge >= 0.3 is 0 Å². The molecule has 0 aromatic heterocycles. The summed E-state index contributed by atoms with van der Waals surface area (Å²) in [6.07, 6.45) is 0. The second-order valence-corrected chi connectivity index (χ2v) is 3.81. The molecule has 0 saturated heterocycles. The number of rotatable bonds is 2. The van der Waals surface area contributed by atoms with E-state index in [9.17, 15) is 5.11 Å². The minimum Gasteiger partial charge on any atom is -0.872 e. The molecule has 0 atom stereocenters. The van der Waals surface area contributed by atoms with Crippen LogP contribution in [-0.4, -0.2) is 19.0 Å². The van der Waals surface area contributed by atoms with Crippen molar-refractivity contribution < 1.29 is 24.6 Å². The molecule has 0 aliphatic rings. The van der Waals surface area contributed by atoms with E-state index in [4.69, 9.17) is 0 Å². The van der Waals surface area contributed by atoms with E-state index in [1.165, 1.54) is 0 Å². The molecular formula is C13H21NOZn-. The third kappa shape index (κ3) is 5.62. The van der Waals surface area contributed by atoms with Crippen molar-refractivity contribution in [2.75, 3.05) is 14.1 Å². The Bertz CT molecular complexity index is 311. The predicted octanol–water partition coefficient (Wildman–Crippen LogP) is 2.28. The Morgan fingerprint density at radius 3 is 2.12 bits per heavy atom. The van der Waals surface area contributed by atoms with Crippen LogP contribution in [-0.2, 0) is 26.0 Å². The fourth-order valence-electron chi connectivity index (χ4n) is 1.50. The van der Waals surface area contributed by atoms with Gasteiger partial charge in [-0.1, -0.05) is 37.1 Å². The Labute approximate surface area is 112 Å². The number of benzene rings is 1. The zero-order chi connectivity index (χ0) is 12.0. The van der Waals surface area contributed by atoms with Gasteiger partial charge in [0.05, 0.1) is 0 Å². The first kappa shape index (κ1) is 18.0. The molecule has 3 heteroatoms. The smallest absolute Gasteiger partial charge is 0.0221 e. The van der Waals surface area contributed by atoms with Crippen LogP contribution in [0, 0.1) is 20.8 Å². The van der Waals surface area contributed by atoms with Crippen LogP contribution in [0.1, 0.15) is 23.6 Å². The van der Waals surface area contributed by atoms with Gasteiger partial charge in [-0.05, 0) is 33.5 Å². The van der Waals surface area contributed by atoms with Crippen molar-refractivity contribution in [3.63, 3.8) is 0 Å². The number of nitrogens with zero attached hydrogens (tertiary/aromatic N) is 1. The van der Waals surface area contributed by atoms with Crippen molar-refractivity contribution >= 4 is 0 Å². The Balaban J connectivity index is 0. The second-order valence-electron chi connectivity index (χ2n) is 3.81. The average Bonchev–Trinajstić information content (AvgIpc) is 2.16. The SMILES string of the molecule is Cc1cc(C)c([O-])c(CN(C)C)c1.[CH2]C.[Zn]. The van der Waals surface area contributed by atoms with E-state index in [-0.39, 0.29) is 25.2 Å². The first-order valence-corrected chi connectivity index (χ1v) is 5.13. The number of aryl methyl sites for hydroxylation is 2. The van der Waals surface area contributed by atoms with Crippen molar-refractivity contribution in [3.05, 3.63) is 35.7 Å². The summed E-state index contributed by atoms with van der Waals surface area (Å²) < 4.78 is 0. The molecule has 0 N–H and O–H groups in total. The van der Waals surface area contributed by atoms with Crippen LogP contribution < -0.4 is 5.11 Å². The Morgan fingerprint density at radius 1 is 1.19 bits per heavy atom. The van der Waals surface area contributed by atoms with Gasteiger partial charge in [0.1, 0.15) is 0 Å². The molecule has 1 rings (SSSR count). The molecule has 87 valence electrons. The first-order chi connectivity index (χ1) is 7.00. The Hall–Kier alpha value is -0.397. The monoisotopic (exact) mass is 271 g/mol. The van der Waals surface area contributed by atoms with Gasteiger partial charge in [0.25, 0.3) is 0 Å². The molecule has 0 heterocycles. The maximum absolute atomic E-state index is 11.6. The summed E-state index contributed by atoms with van der Waals surface area (Å²) in [4.78, 5) is 2.01. The normalized spacial score (nSPS) is 9.19. The van der Waals surface area contributed by atoms with Gasteiger partial charge in [0, 0.05) is 26.0 Å². The van der Waals surface area contributed by atoms with E-state index in [0.29, 0.717) is 0 Å². The van der Waals surface area contributed by atoms with Crippen molar-refractivity contribution in [1.82, 2.24) is 4.90 Å². The molecule has 0 spiro atoms. The number of hydrogen-bond donors (Lipinski definition) is 0. The molecule has 0 saturated carbocycles. The second kappa shape index (κ2) is 8.72. The summed E-state index contributed by atoms with van der Waals surface area (Å²) in [5, 5.41) is 11.6. The van der Waals surface area contributed by atoms with Crippen LogP contribution >= 0.6 is 0 Å². The molecule has 1 aromatic rings. The van der Waals surface area contributed by atoms with Gasteiger partial charge in [-0.2, -0.15) is 0 Å². The third-order valence-electron chi connectivity index (χ3n) is 1.98. The van der Waals surface area contributed by atoms with E-state index in [1.54, 1.807) is 6.92 Å². The summed E-state index contributed by atoms with van der Waals surface area (Å²) in [7, 11) is 3.94. The van der Waals surface area contributed by atoms with Gasteiger partial charge < -0.3 is 10.0 Å². The summed E-state index contributed by atoms with van der Waals surface area (Å²) in [5.41, 5.74) is 2.90. The summed E-state index contributed by atoms with van der Waals surface area (Å²) >= 11 is 0. The third-order valence-corrected chi connectivity index (χ3v) is 1.98. The molecule has 16 heavy (non-hydrogen) atoms. The fraction of sp³-hybridized carbons (Fsp3) is 0.462. The summed E-state index contributed by atoms with van der Waals surface area (Å²) in [5.74, 6) is 0.180. The van der Waals surface area contributed by atoms with Gasteiger partial charge in [-0.25, -0.2) is 0 Å². The summed E-state index contributed by atoms with van der Waals surface area (Å²) in [6, 6.07) is 3.90. The van der Waals surface area contributed by atoms with Crippen LogP contribution in [0.15, 0.2) is 12.1 Å². The zero-order valence-electron chi connectivity index (χ0n) is 11.1. The molecule has 1 radical (unpaired) electrons. The van der Waals surface area contributed by atoms with E-state index in [1.807, 2.05) is 45.0 Å². The van der Waals surface area contributed by atoms with Crippen molar-refractivity contribution in [2.24, 2.45) is 0 Å². The van der Waals surface area contributed by atoms with Crippen LogP contribution in [0.3, 0.4) is 0 Å². The maximum Gasteiger partial charge on any atom is 0.0221 e. The van der Waals surface area contributed by atoms with Crippen molar-refractivity contribution in [2.45, 2.75) is 27.3 Å². The van der Waals surface area contributed by atoms with Gasteiger partial charge in [-0.3, -0.25) is 0 Å². The van der Waals surface area contributed by atoms with E-state index < -0.39 is 0 Å². The van der Waals surface area contributed by atoms with Crippen LogP contribution in [0.4, 0.5) is 0 Å². The molecule has 0 fully saturated rings. The molecule has 0 bridgehead atoms. The maximum atomic E-state index is 11.6. The topological polar surface area (TPSA) is 26.3 Å². The van der Waals surface area contributed by atoms with E-state index in [2.05, 4.69) is 6.92 Å². The molecule has 0 unspecified atom stereocenters. The Kier molecular flexibility index (Phi) is 9.80. The fourth-order valence-corrected chi connectivity index (χ4v) is 1.50. The molecule has 0 aliphatic carbocycles. The van der Waals surface area contributed by atoms with Crippen LogP contribution in [0.5, 0.6) is 5.75 Å². The predicted molar refractivity (Wildman–Crippen MR) is 63.8 cm³/mol. The minimum atomic E-state index is 0. The van der Waals surface area contributed by atoms with Crippen molar-refractivity contribution in [1.29, 1.82) is 0 Å².